The molecule has 2 rings (SSSR count). The van der Waals surface area contributed by atoms with Crippen molar-refractivity contribution < 1.29 is 0 Å². The first-order chi connectivity index (χ1) is 8.77. The predicted molar refractivity (Wildman–Crippen MR) is 81.9 cm³/mol. The van der Waals surface area contributed by atoms with Crippen LogP contribution in [-0.2, 0) is 13.0 Å². The Bertz CT molecular complexity index is 522. The van der Waals surface area contributed by atoms with Crippen molar-refractivity contribution in [1.29, 1.82) is 0 Å². The maximum atomic E-state index is 5.88. The number of halogens is 1. The number of thioether (sulfide) groups is 1. The molecule has 0 N–H and O–H groups in total. The van der Waals surface area contributed by atoms with Crippen molar-refractivity contribution in [2.24, 2.45) is 0 Å². The number of hydrogen-bond acceptors (Lipinski definition) is 2. The van der Waals surface area contributed by atoms with Crippen molar-refractivity contribution in [3.63, 3.8) is 0 Å². The lowest BCUT2D eigenvalue weighted by Gasteiger charge is -2.09. The lowest BCUT2D eigenvalue weighted by Crippen LogP contribution is -2.06. The van der Waals surface area contributed by atoms with Crippen LogP contribution in [0.15, 0.2) is 18.2 Å². The van der Waals surface area contributed by atoms with Crippen LogP contribution in [0, 0.1) is 6.92 Å². The van der Waals surface area contributed by atoms with Gasteiger partial charge in [0.15, 0.2) is 0 Å². The van der Waals surface area contributed by atoms with E-state index in [4.69, 9.17) is 16.6 Å². The molecule has 18 heavy (non-hydrogen) atoms. The molecular weight excluding hydrogens is 264 g/mol. The molecule has 0 atom stereocenters. The van der Waals surface area contributed by atoms with E-state index in [1.165, 1.54) is 23.3 Å². The summed E-state index contributed by atoms with van der Waals surface area (Å²) in [5.74, 6) is 2.94. The first-order valence-electron chi connectivity index (χ1n) is 6.27. The minimum atomic E-state index is 0.630. The Kier molecular flexibility index (Phi) is 4.95. The van der Waals surface area contributed by atoms with Crippen LogP contribution in [0.4, 0.5) is 0 Å². The van der Waals surface area contributed by atoms with Gasteiger partial charge in [-0.2, -0.15) is 11.8 Å². The van der Waals surface area contributed by atoms with E-state index in [2.05, 4.69) is 35.9 Å². The van der Waals surface area contributed by atoms with Crippen LogP contribution in [0.3, 0.4) is 0 Å². The minimum absolute atomic E-state index is 0.630. The Morgan fingerprint density at radius 1 is 1.39 bits per heavy atom. The molecule has 1 aromatic carbocycles. The number of rotatable bonds is 6. The normalized spacial score (nSPS) is 11.3. The van der Waals surface area contributed by atoms with Gasteiger partial charge >= 0.3 is 0 Å². The molecule has 0 aliphatic rings. The summed E-state index contributed by atoms with van der Waals surface area (Å²) in [6, 6.07) is 6.31. The molecule has 98 valence electrons. The molecule has 0 saturated carbocycles. The first kappa shape index (κ1) is 13.8. The fraction of sp³-hybridized carbons (Fsp3) is 0.500. The summed E-state index contributed by atoms with van der Waals surface area (Å²) >= 11 is 7.77. The van der Waals surface area contributed by atoms with E-state index in [0.29, 0.717) is 5.88 Å². The third kappa shape index (κ3) is 2.83. The Balaban J connectivity index is 2.40. The zero-order chi connectivity index (χ0) is 13.0. The van der Waals surface area contributed by atoms with Crippen molar-refractivity contribution in [3.8, 4) is 0 Å². The van der Waals surface area contributed by atoms with Gasteiger partial charge in [-0.25, -0.2) is 4.98 Å². The molecule has 0 unspecified atom stereocenters. The second-order valence-electron chi connectivity index (χ2n) is 4.41. The Labute approximate surface area is 118 Å². The van der Waals surface area contributed by atoms with Gasteiger partial charge in [0.05, 0.1) is 11.0 Å². The molecule has 0 spiro atoms. The van der Waals surface area contributed by atoms with Gasteiger partial charge in [-0.15, -0.1) is 11.6 Å². The molecule has 0 aliphatic heterocycles. The SMILES string of the molecule is CSCCCn1c(CCCl)nc2cccc(C)c21. The Morgan fingerprint density at radius 3 is 2.94 bits per heavy atom. The monoisotopic (exact) mass is 282 g/mol. The highest BCUT2D eigenvalue weighted by Crippen LogP contribution is 2.21. The van der Waals surface area contributed by atoms with Crippen LogP contribution in [0.1, 0.15) is 17.8 Å². The maximum absolute atomic E-state index is 5.88. The zero-order valence-electron chi connectivity index (χ0n) is 10.9. The van der Waals surface area contributed by atoms with Crippen molar-refractivity contribution >= 4 is 34.4 Å². The van der Waals surface area contributed by atoms with E-state index in [1.807, 2.05) is 11.8 Å². The van der Waals surface area contributed by atoms with Crippen molar-refractivity contribution in [2.45, 2.75) is 26.3 Å². The third-order valence-electron chi connectivity index (χ3n) is 3.10. The summed E-state index contributed by atoms with van der Waals surface area (Å²) in [5.41, 5.74) is 3.67. The molecular formula is C14H19ClN2S. The fourth-order valence-corrected chi connectivity index (χ4v) is 2.88. The summed E-state index contributed by atoms with van der Waals surface area (Å²) in [6.07, 6.45) is 4.17. The van der Waals surface area contributed by atoms with Crippen LogP contribution in [0.25, 0.3) is 11.0 Å². The summed E-state index contributed by atoms with van der Waals surface area (Å²) in [4.78, 5) is 4.71. The molecule has 1 heterocycles. The second kappa shape index (κ2) is 6.48. The van der Waals surface area contributed by atoms with Crippen molar-refractivity contribution in [3.05, 3.63) is 29.6 Å². The van der Waals surface area contributed by atoms with Gasteiger partial charge in [0.2, 0.25) is 0 Å². The van der Waals surface area contributed by atoms with Gasteiger partial charge in [-0.3, -0.25) is 0 Å². The van der Waals surface area contributed by atoms with Gasteiger partial charge < -0.3 is 4.57 Å². The number of aromatic nitrogens is 2. The molecule has 2 nitrogen and oxygen atoms in total. The highest BCUT2D eigenvalue weighted by Gasteiger charge is 2.11. The van der Waals surface area contributed by atoms with E-state index in [-0.39, 0.29) is 0 Å². The quantitative estimate of drug-likeness (QED) is 0.591. The molecule has 0 bridgehead atoms. The largest absolute Gasteiger partial charge is 0.328 e. The van der Waals surface area contributed by atoms with Gasteiger partial charge in [-0.1, -0.05) is 12.1 Å². The Hall–Kier alpha value is -0.670. The van der Waals surface area contributed by atoms with Gasteiger partial charge in [0.1, 0.15) is 5.82 Å². The lowest BCUT2D eigenvalue weighted by molar-refractivity contribution is 0.664. The highest BCUT2D eigenvalue weighted by molar-refractivity contribution is 7.98. The third-order valence-corrected chi connectivity index (χ3v) is 3.98. The van der Waals surface area contributed by atoms with Crippen LogP contribution in [-0.4, -0.2) is 27.4 Å². The average Bonchev–Trinajstić information content (AvgIpc) is 2.70. The van der Waals surface area contributed by atoms with Gasteiger partial charge in [0.25, 0.3) is 0 Å². The summed E-state index contributed by atoms with van der Waals surface area (Å²) in [7, 11) is 0. The van der Waals surface area contributed by atoms with Crippen molar-refractivity contribution in [2.75, 3.05) is 17.9 Å². The van der Waals surface area contributed by atoms with E-state index in [0.717, 1.165) is 24.3 Å². The minimum Gasteiger partial charge on any atom is -0.328 e. The van der Waals surface area contributed by atoms with Gasteiger partial charge in [0, 0.05) is 18.8 Å². The predicted octanol–water partition coefficient (Wildman–Crippen LogP) is 3.88. The number of para-hydroxylation sites is 1. The number of benzene rings is 1. The molecule has 0 radical (unpaired) electrons. The fourth-order valence-electron chi connectivity index (χ4n) is 2.30. The second-order valence-corrected chi connectivity index (χ2v) is 5.77. The molecule has 0 saturated heterocycles. The molecule has 4 heteroatoms. The van der Waals surface area contributed by atoms with E-state index < -0.39 is 0 Å². The molecule has 2 aromatic rings. The Morgan fingerprint density at radius 2 is 2.22 bits per heavy atom. The van der Waals surface area contributed by atoms with E-state index >= 15 is 0 Å². The maximum Gasteiger partial charge on any atom is 0.111 e. The number of hydrogen-bond donors (Lipinski definition) is 0. The topological polar surface area (TPSA) is 17.8 Å². The van der Waals surface area contributed by atoms with E-state index in [1.54, 1.807) is 0 Å². The van der Waals surface area contributed by atoms with Crippen LogP contribution >= 0.6 is 23.4 Å². The zero-order valence-corrected chi connectivity index (χ0v) is 12.5. The lowest BCUT2D eigenvalue weighted by atomic mass is 10.2. The number of fused-ring (bicyclic) bond motifs is 1. The molecule has 0 aliphatic carbocycles. The van der Waals surface area contributed by atoms with E-state index in [9.17, 15) is 0 Å². The molecule has 0 amide bonds. The van der Waals surface area contributed by atoms with Crippen LogP contribution in [0.5, 0.6) is 0 Å². The van der Waals surface area contributed by atoms with Gasteiger partial charge in [-0.05, 0) is 37.0 Å². The first-order valence-corrected chi connectivity index (χ1v) is 8.20. The standard InChI is InChI=1S/C14H19ClN2S/c1-11-5-3-6-12-14(11)17(9-4-10-18-2)13(16-12)7-8-15/h3,5-6H,4,7-10H2,1-2H3. The number of alkyl halides is 1. The average molecular weight is 283 g/mol. The van der Waals surface area contributed by atoms with Crippen molar-refractivity contribution in [1.82, 2.24) is 9.55 Å². The summed E-state index contributed by atoms with van der Waals surface area (Å²) in [5, 5.41) is 0. The summed E-state index contributed by atoms with van der Waals surface area (Å²) < 4.78 is 2.35. The summed E-state index contributed by atoms with van der Waals surface area (Å²) in [6.45, 7) is 3.19. The number of imidazole rings is 1. The molecule has 1 aromatic heterocycles. The number of aryl methyl sites for hydroxylation is 3. The highest BCUT2D eigenvalue weighted by atomic mass is 35.5. The van der Waals surface area contributed by atoms with Crippen LogP contribution in [0.2, 0.25) is 0 Å². The van der Waals surface area contributed by atoms with Crippen LogP contribution < -0.4 is 0 Å². The molecule has 0 fully saturated rings. The smallest absolute Gasteiger partial charge is 0.111 e. The number of nitrogens with zero attached hydrogens (tertiary/aromatic N) is 2.